The molecule has 1 amide bonds. The minimum Gasteiger partial charge on any atom is -0.354 e. The zero-order chi connectivity index (χ0) is 22.8. The molecule has 0 atom stereocenters. The molecule has 7 heteroatoms. The Kier molecular flexibility index (Phi) is 5.20. The second-order valence-electron chi connectivity index (χ2n) is 7.73. The number of hydrogen-bond acceptors (Lipinski definition) is 4. The van der Waals surface area contributed by atoms with Gasteiger partial charge < -0.3 is 15.2 Å². The van der Waals surface area contributed by atoms with Gasteiger partial charge in [-0.25, -0.2) is 0 Å². The predicted molar refractivity (Wildman–Crippen MR) is 129 cm³/mol. The molecular formula is C26H20N4O3. The van der Waals surface area contributed by atoms with Crippen molar-refractivity contribution in [3.05, 3.63) is 124 Å². The summed E-state index contributed by atoms with van der Waals surface area (Å²) in [7, 11) is 0. The van der Waals surface area contributed by atoms with E-state index < -0.39 is 4.92 Å². The number of nitro benzene ring substituents is 1. The van der Waals surface area contributed by atoms with Gasteiger partial charge in [0.25, 0.3) is 11.6 Å². The summed E-state index contributed by atoms with van der Waals surface area (Å²) < 4.78 is 2.09. The highest BCUT2D eigenvalue weighted by Crippen LogP contribution is 2.39. The van der Waals surface area contributed by atoms with Crippen LogP contribution in [0.15, 0.2) is 97.3 Å². The zero-order valence-electron chi connectivity index (χ0n) is 17.6. The first kappa shape index (κ1) is 20.3. The van der Waals surface area contributed by atoms with E-state index in [0.717, 1.165) is 23.4 Å². The van der Waals surface area contributed by atoms with Crippen LogP contribution in [0.25, 0.3) is 11.3 Å². The maximum atomic E-state index is 13.0. The monoisotopic (exact) mass is 436 g/mol. The first-order valence-corrected chi connectivity index (χ1v) is 10.4. The highest BCUT2D eigenvalue weighted by molar-refractivity contribution is 6.37. The molecule has 2 N–H and O–H groups in total. The topological polar surface area (TPSA) is 89.2 Å². The van der Waals surface area contributed by atoms with Gasteiger partial charge in [-0.05, 0) is 41.5 Å². The molecule has 1 aliphatic heterocycles. The fourth-order valence-corrected chi connectivity index (χ4v) is 3.93. The van der Waals surface area contributed by atoms with Crippen molar-refractivity contribution in [3.8, 4) is 0 Å². The second kappa shape index (κ2) is 8.47. The van der Waals surface area contributed by atoms with Gasteiger partial charge in [0.2, 0.25) is 0 Å². The van der Waals surface area contributed by atoms with Gasteiger partial charge in [0.1, 0.15) is 0 Å². The number of rotatable bonds is 6. The lowest BCUT2D eigenvalue weighted by Gasteiger charge is -2.15. The van der Waals surface area contributed by atoms with Crippen molar-refractivity contribution in [2.45, 2.75) is 6.54 Å². The number of amides is 1. The van der Waals surface area contributed by atoms with Gasteiger partial charge in [0.15, 0.2) is 0 Å². The Labute approximate surface area is 190 Å². The molecule has 1 aliphatic rings. The van der Waals surface area contributed by atoms with Crippen molar-refractivity contribution in [1.29, 1.82) is 0 Å². The van der Waals surface area contributed by atoms with Gasteiger partial charge >= 0.3 is 0 Å². The molecule has 0 saturated heterocycles. The van der Waals surface area contributed by atoms with Crippen LogP contribution in [0.4, 0.5) is 17.1 Å². The van der Waals surface area contributed by atoms with E-state index in [1.54, 1.807) is 6.07 Å². The number of fused-ring (bicyclic) bond motifs is 1. The van der Waals surface area contributed by atoms with Crippen molar-refractivity contribution >= 4 is 34.2 Å². The molecule has 4 aromatic rings. The van der Waals surface area contributed by atoms with E-state index in [-0.39, 0.29) is 11.6 Å². The Hall–Kier alpha value is -4.65. The maximum Gasteiger partial charge on any atom is 0.270 e. The van der Waals surface area contributed by atoms with Crippen LogP contribution in [-0.2, 0) is 11.3 Å². The summed E-state index contributed by atoms with van der Waals surface area (Å²) >= 11 is 0. The van der Waals surface area contributed by atoms with Crippen LogP contribution < -0.4 is 10.6 Å². The number of carbonyl (C=O) groups excluding carboxylic acids is 1. The number of non-ortho nitro benzene ring substituents is 1. The molecule has 0 radical (unpaired) electrons. The lowest BCUT2D eigenvalue weighted by molar-refractivity contribution is -0.384. The third kappa shape index (κ3) is 4.12. The Morgan fingerprint density at radius 2 is 1.67 bits per heavy atom. The van der Waals surface area contributed by atoms with Crippen LogP contribution in [0.5, 0.6) is 0 Å². The number of anilines is 2. The van der Waals surface area contributed by atoms with E-state index in [1.807, 2.05) is 79.1 Å². The van der Waals surface area contributed by atoms with Crippen molar-refractivity contribution in [2.24, 2.45) is 0 Å². The van der Waals surface area contributed by atoms with Crippen LogP contribution in [-0.4, -0.2) is 15.4 Å². The lowest BCUT2D eigenvalue weighted by Crippen LogP contribution is -2.10. The SMILES string of the molecule is O=C1Nc2ccc([N+](=O)[O-])cc2C1=C(Nc1ccc(Cn2cccc2)cc1)c1ccccc1. The standard InChI is InChI=1S/C26H20N4O3/c31-26-24(22-16-21(30(32)33)12-13-23(22)28-26)25(19-6-2-1-3-7-19)27-20-10-8-18(9-11-20)17-29-14-4-5-15-29/h1-16,27H,17H2,(H,28,31). The molecule has 0 bridgehead atoms. The molecule has 33 heavy (non-hydrogen) atoms. The molecule has 0 saturated carbocycles. The number of benzene rings is 3. The Balaban J connectivity index is 1.56. The van der Waals surface area contributed by atoms with Gasteiger partial charge in [-0.1, -0.05) is 42.5 Å². The first-order valence-electron chi connectivity index (χ1n) is 10.4. The van der Waals surface area contributed by atoms with E-state index in [1.165, 1.54) is 12.1 Å². The fraction of sp³-hybridized carbons (Fsp3) is 0.0385. The predicted octanol–water partition coefficient (Wildman–Crippen LogP) is 5.38. The number of nitro groups is 1. The molecule has 162 valence electrons. The quantitative estimate of drug-likeness (QED) is 0.241. The molecule has 0 spiro atoms. The Morgan fingerprint density at radius 1 is 0.939 bits per heavy atom. The number of aromatic nitrogens is 1. The third-order valence-corrected chi connectivity index (χ3v) is 5.53. The largest absolute Gasteiger partial charge is 0.354 e. The van der Waals surface area contributed by atoms with E-state index in [0.29, 0.717) is 22.5 Å². The molecular weight excluding hydrogens is 416 g/mol. The summed E-state index contributed by atoms with van der Waals surface area (Å²) in [5, 5.41) is 17.5. The summed E-state index contributed by atoms with van der Waals surface area (Å²) in [5.74, 6) is -0.305. The van der Waals surface area contributed by atoms with Gasteiger partial charge in [0.05, 0.1) is 16.2 Å². The van der Waals surface area contributed by atoms with Crippen molar-refractivity contribution < 1.29 is 9.72 Å². The Bertz CT molecular complexity index is 1360. The van der Waals surface area contributed by atoms with Gasteiger partial charge in [-0.15, -0.1) is 0 Å². The minimum absolute atomic E-state index is 0.0653. The average molecular weight is 436 g/mol. The number of nitrogens with zero attached hydrogens (tertiary/aromatic N) is 2. The van der Waals surface area contributed by atoms with E-state index in [2.05, 4.69) is 15.2 Å². The number of nitrogens with one attached hydrogen (secondary N) is 2. The first-order chi connectivity index (χ1) is 16.1. The van der Waals surface area contributed by atoms with Crippen LogP contribution in [0.2, 0.25) is 0 Å². The van der Waals surface area contributed by atoms with E-state index in [4.69, 9.17) is 0 Å². The van der Waals surface area contributed by atoms with Gasteiger partial charge in [0, 0.05) is 48.0 Å². The van der Waals surface area contributed by atoms with Crippen molar-refractivity contribution in [1.82, 2.24) is 4.57 Å². The highest BCUT2D eigenvalue weighted by atomic mass is 16.6. The van der Waals surface area contributed by atoms with Crippen LogP contribution in [0.3, 0.4) is 0 Å². The smallest absolute Gasteiger partial charge is 0.270 e. The summed E-state index contributed by atoms with van der Waals surface area (Å²) in [4.78, 5) is 23.8. The van der Waals surface area contributed by atoms with Gasteiger partial charge in [-0.2, -0.15) is 0 Å². The molecule has 7 nitrogen and oxygen atoms in total. The summed E-state index contributed by atoms with van der Waals surface area (Å²) in [6, 6.07) is 25.8. The van der Waals surface area contributed by atoms with Gasteiger partial charge in [-0.3, -0.25) is 14.9 Å². The second-order valence-corrected chi connectivity index (χ2v) is 7.73. The molecule has 0 fully saturated rings. The zero-order valence-corrected chi connectivity index (χ0v) is 17.6. The maximum absolute atomic E-state index is 13.0. The van der Waals surface area contributed by atoms with E-state index in [9.17, 15) is 14.9 Å². The van der Waals surface area contributed by atoms with Crippen molar-refractivity contribution in [3.63, 3.8) is 0 Å². The molecule has 1 aromatic heterocycles. The minimum atomic E-state index is -0.459. The molecule has 2 heterocycles. The number of carbonyl (C=O) groups is 1. The van der Waals surface area contributed by atoms with Crippen LogP contribution in [0, 0.1) is 10.1 Å². The molecule has 3 aromatic carbocycles. The average Bonchev–Trinajstić information content (AvgIpc) is 3.45. The summed E-state index contributed by atoms with van der Waals surface area (Å²) in [6.45, 7) is 0.763. The van der Waals surface area contributed by atoms with Crippen molar-refractivity contribution in [2.75, 3.05) is 10.6 Å². The fourth-order valence-electron chi connectivity index (χ4n) is 3.93. The summed E-state index contributed by atoms with van der Waals surface area (Å²) in [6.07, 6.45) is 4.03. The molecule has 5 rings (SSSR count). The highest BCUT2D eigenvalue weighted by Gasteiger charge is 2.30. The molecule has 0 unspecified atom stereocenters. The summed E-state index contributed by atoms with van der Waals surface area (Å²) in [5.41, 5.74) is 4.71. The third-order valence-electron chi connectivity index (χ3n) is 5.53. The number of hydrogen-bond donors (Lipinski definition) is 2. The Morgan fingerprint density at radius 3 is 2.36 bits per heavy atom. The lowest BCUT2D eigenvalue weighted by atomic mass is 9.99. The normalized spacial score (nSPS) is 13.9. The molecule has 0 aliphatic carbocycles. The van der Waals surface area contributed by atoms with Crippen LogP contribution in [0.1, 0.15) is 16.7 Å². The van der Waals surface area contributed by atoms with E-state index >= 15 is 0 Å². The van der Waals surface area contributed by atoms with Crippen LogP contribution >= 0.6 is 0 Å².